The molecule has 1 unspecified atom stereocenters. The quantitative estimate of drug-likeness (QED) is 0.432. The van der Waals surface area contributed by atoms with Gasteiger partial charge < -0.3 is 4.74 Å². The second kappa shape index (κ2) is 8.31. The summed E-state index contributed by atoms with van der Waals surface area (Å²) < 4.78 is 5.32. The largest absolute Gasteiger partial charge is 0.382 e. The molecular formula is C12H24O. The Morgan fingerprint density at radius 3 is 2.54 bits per heavy atom. The molecule has 0 aliphatic heterocycles. The van der Waals surface area contributed by atoms with E-state index in [1.54, 1.807) is 0 Å². The Bertz CT molecular complexity index is 134. The minimum Gasteiger partial charge on any atom is -0.382 e. The lowest BCUT2D eigenvalue weighted by atomic mass is 10.0. The highest BCUT2D eigenvalue weighted by molar-refractivity contribution is 4.92. The van der Waals surface area contributed by atoms with Crippen LogP contribution in [0.3, 0.4) is 0 Å². The molecule has 78 valence electrons. The molecule has 0 saturated carbocycles. The molecule has 0 rings (SSSR count). The summed E-state index contributed by atoms with van der Waals surface area (Å²) in [4.78, 5) is 0. The maximum atomic E-state index is 5.32. The number of hydrogen-bond donors (Lipinski definition) is 0. The fourth-order valence-corrected chi connectivity index (χ4v) is 1.23. The molecule has 1 atom stereocenters. The zero-order valence-electron chi connectivity index (χ0n) is 9.60. The highest BCUT2D eigenvalue weighted by Crippen LogP contribution is 2.11. The third kappa shape index (κ3) is 9.62. The van der Waals surface area contributed by atoms with E-state index in [0.29, 0.717) is 0 Å². The Balaban J connectivity index is 3.30. The Kier molecular flexibility index (Phi) is 8.11. The van der Waals surface area contributed by atoms with Crippen LogP contribution < -0.4 is 0 Å². The van der Waals surface area contributed by atoms with Crippen molar-refractivity contribution < 1.29 is 4.74 Å². The fourth-order valence-electron chi connectivity index (χ4n) is 1.23. The molecule has 0 fully saturated rings. The maximum Gasteiger partial charge on any atom is 0.0468 e. The van der Waals surface area contributed by atoms with Crippen molar-refractivity contribution in [3.8, 4) is 0 Å². The first kappa shape index (κ1) is 12.7. The standard InChI is InChI=1S/C12H24O/c1-5-13-10-9-12(4)8-6-7-11(2)3/h7,12H,5-6,8-10H2,1-4H3. The van der Waals surface area contributed by atoms with Crippen LogP contribution in [0.5, 0.6) is 0 Å². The fraction of sp³-hybridized carbons (Fsp3) is 0.833. The number of rotatable bonds is 7. The first-order valence-electron chi connectivity index (χ1n) is 5.38. The topological polar surface area (TPSA) is 9.23 Å². The SMILES string of the molecule is CCOCCC(C)CCC=C(C)C. The maximum absolute atomic E-state index is 5.32. The zero-order chi connectivity index (χ0) is 10.1. The molecule has 0 aromatic carbocycles. The predicted molar refractivity (Wildman–Crippen MR) is 58.9 cm³/mol. The van der Waals surface area contributed by atoms with Crippen LogP contribution in [0.25, 0.3) is 0 Å². The molecule has 0 amide bonds. The molecule has 0 bridgehead atoms. The van der Waals surface area contributed by atoms with Gasteiger partial charge in [-0.15, -0.1) is 0 Å². The zero-order valence-corrected chi connectivity index (χ0v) is 9.60. The molecule has 0 N–H and O–H groups in total. The molecule has 0 saturated heterocycles. The minimum atomic E-state index is 0.794. The summed E-state index contributed by atoms with van der Waals surface area (Å²) >= 11 is 0. The van der Waals surface area contributed by atoms with Crippen LogP contribution in [0.2, 0.25) is 0 Å². The summed E-state index contributed by atoms with van der Waals surface area (Å²) in [7, 11) is 0. The third-order valence-corrected chi connectivity index (χ3v) is 2.17. The van der Waals surface area contributed by atoms with Crippen LogP contribution in [-0.2, 0) is 4.74 Å². The highest BCUT2D eigenvalue weighted by atomic mass is 16.5. The van der Waals surface area contributed by atoms with Crippen LogP contribution in [0, 0.1) is 5.92 Å². The summed E-state index contributed by atoms with van der Waals surface area (Å²) in [6, 6.07) is 0. The third-order valence-electron chi connectivity index (χ3n) is 2.17. The normalized spacial score (nSPS) is 12.6. The van der Waals surface area contributed by atoms with Crippen molar-refractivity contribution in [1.82, 2.24) is 0 Å². The van der Waals surface area contributed by atoms with Gasteiger partial charge in [0.05, 0.1) is 0 Å². The molecule has 13 heavy (non-hydrogen) atoms. The number of allylic oxidation sites excluding steroid dienone is 2. The van der Waals surface area contributed by atoms with Crippen molar-refractivity contribution in [3.63, 3.8) is 0 Å². The molecule has 0 aliphatic rings. The summed E-state index contributed by atoms with van der Waals surface area (Å²) in [6.07, 6.45) is 6.02. The van der Waals surface area contributed by atoms with E-state index in [1.807, 2.05) is 6.92 Å². The van der Waals surface area contributed by atoms with Gasteiger partial charge in [-0.1, -0.05) is 18.6 Å². The van der Waals surface area contributed by atoms with E-state index in [1.165, 1.54) is 24.8 Å². The van der Waals surface area contributed by atoms with Gasteiger partial charge in [0.25, 0.3) is 0 Å². The molecule has 1 nitrogen and oxygen atoms in total. The van der Waals surface area contributed by atoms with Crippen LogP contribution >= 0.6 is 0 Å². The van der Waals surface area contributed by atoms with E-state index < -0.39 is 0 Å². The van der Waals surface area contributed by atoms with Gasteiger partial charge in [-0.05, 0) is 46.0 Å². The molecular weight excluding hydrogens is 160 g/mol. The van der Waals surface area contributed by atoms with Crippen molar-refractivity contribution >= 4 is 0 Å². The summed E-state index contributed by atoms with van der Waals surface area (Å²) in [5, 5.41) is 0. The average Bonchev–Trinajstić information content (AvgIpc) is 2.04. The molecule has 0 heterocycles. The van der Waals surface area contributed by atoms with Crippen LogP contribution in [-0.4, -0.2) is 13.2 Å². The monoisotopic (exact) mass is 184 g/mol. The van der Waals surface area contributed by atoms with Gasteiger partial charge in [-0.3, -0.25) is 0 Å². The van der Waals surface area contributed by atoms with Gasteiger partial charge in [-0.2, -0.15) is 0 Å². The lowest BCUT2D eigenvalue weighted by molar-refractivity contribution is 0.133. The Morgan fingerprint density at radius 2 is 2.00 bits per heavy atom. The predicted octanol–water partition coefficient (Wildman–Crippen LogP) is 3.80. The molecule has 0 aromatic heterocycles. The number of ether oxygens (including phenoxy) is 1. The van der Waals surface area contributed by atoms with E-state index in [-0.39, 0.29) is 0 Å². The van der Waals surface area contributed by atoms with E-state index >= 15 is 0 Å². The van der Waals surface area contributed by atoms with Gasteiger partial charge >= 0.3 is 0 Å². The van der Waals surface area contributed by atoms with Crippen molar-refractivity contribution in [2.45, 2.75) is 47.0 Å². The summed E-state index contributed by atoms with van der Waals surface area (Å²) in [6.45, 7) is 10.4. The van der Waals surface area contributed by atoms with E-state index in [2.05, 4.69) is 26.8 Å². The Labute approximate surface area is 83.2 Å². The lowest BCUT2D eigenvalue weighted by Gasteiger charge is -2.09. The first-order chi connectivity index (χ1) is 6.16. The van der Waals surface area contributed by atoms with Crippen LogP contribution in [0.1, 0.15) is 47.0 Å². The van der Waals surface area contributed by atoms with E-state index in [4.69, 9.17) is 4.74 Å². The average molecular weight is 184 g/mol. The second-order valence-electron chi connectivity index (χ2n) is 3.95. The molecule has 0 aromatic rings. The minimum absolute atomic E-state index is 0.794. The smallest absolute Gasteiger partial charge is 0.0468 e. The van der Waals surface area contributed by atoms with Crippen LogP contribution in [0.15, 0.2) is 11.6 Å². The summed E-state index contributed by atoms with van der Waals surface area (Å²) in [5.74, 6) is 0.794. The second-order valence-corrected chi connectivity index (χ2v) is 3.95. The molecule has 0 spiro atoms. The van der Waals surface area contributed by atoms with Crippen LogP contribution in [0.4, 0.5) is 0 Å². The highest BCUT2D eigenvalue weighted by Gasteiger charge is 1.99. The van der Waals surface area contributed by atoms with Crippen molar-refractivity contribution in [2.75, 3.05) is 13.2 Å². The van der Waals surface area contributed by atoms with E-state index in [0.717, 1.165) is 19.1 Å². The Morgan fingerprint density at radius 1 is 1.31 bits per heavy atom. The summed E-state index contributed by atoms with van der Waals surface area (Å²) in [5.41, 5.74) is 1.43. The number of hydrogen-bond acceptors (Lipinski definition) is 1. The lowest BCUT2D eigenvalue weighted by Crippen LogP contribution is -2.01. The van der Waals surface area contributed by atoms with Crippen molar-refractivity contribution in [1.29, 1.82) is 0 Å². The van der Waals surface area contributed by atoms with Gasteiger partial charge in [0.2, 0.25) is 0 Å². The van der Waals surface area contributed by atoms with E-state index in [9.17, 15) is 0 Å². The van der Waals surface area contributed by atoms with Gasteiger partial charge in [-0.25, -0.2) is 0 Å². The van der Waals surface area contributed by atoms with Gasteiger partial charge in [0.15, 0.2) is 0 Å². The van der Waals surface area contributed by atoms with Crippen molar-refractivity contribution in [3.05, 3.63) is 11.6 Å². The molecule has 0 radical (unpaired) electrons. The Hall–Kier alpha value is -0.300. The molecule has 1 heteroatoms. The van der Waals surface area contributed by atoms with Gasteiger partial charge in [0.1, 0.15) is 0 Å². The first-order valence-corrected chi connectivity index (χ1v) is 5.38. The van der Waals surface area contributed by atoms with Crippen molar-refractivity contribution in [2.24, 2.45) is 5.92 Å². The molecule has 0 aliphatic carbocycles. The van der Waals surface area contributed by atoms with Gasteiger partial charge in [0, 0.05) is 13.2 Å².